The van der Waals surface area contributed by atoms with Crippen molar-refractivity contribution in [2.45, 2.75) is 45.8 Å². The van der Waals surface area contributed by atoms with Crippen molar-refractivity contribution in [3.05, 3.63) is 11.7 Å². The number of hydrogen-bond acceptors (Lipinski definition) is 6. The minimum Gasteiger partial charge on any atom is -0.376 e. The summed E-state index contributed by atoms with van der Waals surface area (Å²) >= 11 is 0. The molecule has 1 unspecified atom stereocenters. The molecule has 1 aliphatic rings. The summed E-state index contributed by atoms with van der Waals surface area (Å²) in [6, 6.07) is 0. The van der Waals surface area contributed by atoms with E-state index in [0.717, 1.165) is 32.0 Å². The molecule has 0 spiro atoms. The van der Waals surface area contributed by atoms with Gasteiger partial charge in [-0.25, -0.2) is 0 Å². The first kappa shape index (κ1) is 16.9. The summed E-state index contributed by atoms with van der Waals surface area (Å²) < 4.78 is 10.8. The van der Waals surface area contributed by atoms with Crippen molar-refractivity contribution in [1.29, 1.82) is 0 Å². The van der Waals surface area contributed by atoms with E-state index in [0.29, 0.717) is 12.4 Å². The molecule has 0 aliphatic carbocycles. The second-order valence-corrected chi connectivity index (χ2v) is 6.15. The van der Waals surface area contributed by atoms with Crippen LogP contribution in [-0.4, -0.2) is 53.8 Å². The van der Waals surface area contributed by atoms with Gasteiger partial charge in [0, 0.05) is 20.1 Å². The molecule has 1 aromatic rings. The standard InChI is InChI=1S/C15H26N4O3/c1-11(2)5-4-6-12-9-19(7-8-21-12)10-13-17-15(22-18-13)14(20)16-3/h11-12H,4-10H2,1-3H3,(H,16,20). The molecule has 1 fully saturated rings. The first-order valence-corrected chi connectivity index (χ1v) is 7.97. The topological polar surface area (TPSA) is 80.5 Å². The van der Waals surface area contributed by atoms with Gasteiger partial charge < -0.3 is 14.6 Å². The van der Waals surface area contributed by atoms with Gasteiger partial charge in [0.15, 0.2) is 5.82 Å². The molecule has 22 heavy (non-hydrogen) atoms. The molecule has 1 saturated heterocycles. The number of nitrogens with zero attached hydrogens (tertiary/aromatic N) is 3. The quantitative estimate of drug-likeness (QED) is 0.821. The van der Waals surface area contributed by atoms with Crippen LogP contribution >= 0.6 is 0 Å². The molecular weight excluding hydrogens is 284 g/mol. The predicted molar refractivity (Wildman–Crippen MR) is 81.4 cm³/mol. The Kier molecular flexibility index (Phi) is 6.33. The van der Waals surface area contributed by atoms with Crippen molar-refractivity contribution in [3.8, 4) is 0 Å². The van der Waals surface area contributed by atoms with E-state index in [2.05, 4.69) is 34.2 Å². The second kappa shape index (κ2) is 8.24. The first-order valence-electron chi connectivity index (χ1n) is 7.97. The van der Waals surface area contributed by atoms with Crippen molar-refractivity contribution < 1.29 is 14.1 Å². The fraction of sp³-hybridized carbons (Fsp3) is 0.800. The number of carbonyl (C=O) groups is 1. The molecule has 7 nitrogen and oxygen atoms in total. The molecule has 1 aliphatic heterocycles. The minimum absolute atomic E-state index is 0.0132. The van der Waals surface area contributed by atoms with Gasteiger partial charge in [0.1, 0.15) is 0 Å². The highest BCUT2D eigenvalue weighted by molar-refractivity contribution is 5.89. The molecule has 2 heterocycles. The summed E-state index contributed by atoms with van der Waals surface area (Å²) in [5.74, 6) is 0.940. The van der Waals surface area contributed by atoms with Crippen LogP contribution in [0.5, 0.6) is 0 Å². The number of nitrogens with one attached hydrogen (secondary N) is 1. The summed E-state index contributed by atoms with van der Waals surface area (Å²) in [4.78, 5) is 17.8. The van der Waals surface area contributed by atoms with Gasteiger partial charge in [-0.05, 0) is 12.3 Å². The normalized spacial score (nSPS) is 19.5. The fourth-order valence-corrected chi connectivity index (χ4v) is 2.57. The SMILES string of the molecule is CNC(=O)c1nc(CN2CCOC(CCCC(C)C)C2)no1. The van der Waals surface area contributed by atoms with Crippen LogP contribution in [0.3, 0.4) is 0 Å². The predicted octanol–water partition coefficient (Wildman–Crippen LogP) is 1.46. The summed E-state index contributed by atoms with van der Waals surface area (Å²) in [7, 11) is 1.54. The van der Waals surface area contributed by atoms with Gasteiger partial charge in [-0.2, -0.15) is 4.98 Å². The van der Waals surface area contributed by atoms with Gasteiger partial charge in [0.2, 0.25) is 0 Å². The third-order valence-electron chi connectivity index (χ3n) is 3.78. The van der Waals surface area contributed by atoms with Crippen LogP contribution in [0.15, 0.2) is 4.52 Å². The molecule has 0 aromatic carbocycles. The smallest absolute Gasteiger partial charge is 0.315 e. The minimum atomic E-state index is -0.354. The van der Waals surface area contributed by atoms with E-state index in [1.807, 2.05) is 0 Å². The average molecular weight is 310 g/mol. The lowest BCUT2D eigenvalue weighted by atomic mass is 10.0. The molecule has 1 N–H and O–H groups in total. The zero-order valence-corrected chi connectivity index (χ0v) is 13.7. The highest BCUT2D eigenvalue weighted by Crippen LogP contribution is 2.15. The molecule has 124 valence electrons. The summed E-state index contributed by atoms with van der Waals surface area (Å²) in [6.45, 7) is 7.53. The Labute approximate surface area is 131 Å². The van der Waals surface area contributed by atoms with E-state index < -0.39 is 0 Å². The molecule has 2 rings (SSSR count). The van der Waals surface area contributed by atoms with E-state index in [1.54, 1.807) is 0 Å². The molecule has 0 saturated carbocycles. The van der Waals surface area contributed by atoms with Crippen LogP contribution in [0.4, 0.5) is 0 Å². The van der Waals surface area contributed by atoms with Crippen LogP contribution in [0.1, 0.15) is 49.6 Å². The van der Waals surface area contributed by atoms with E-state index in [1.165, 1.54) is 19.9 Å². The van der Waals surface area contributed by atoms with Crippen molar-refractivity contribution in [1.82, 2.24) is 20.4 Å². The van der Waals surface area contributed by atoms with Crippen LogP contribution in [0, 0.1) is 5.92 Å². The van der Waals surface area contributed by atoms with Crippen molar-refractivity contribution in [3.63, 3.8) is 0 Å². The van der Waals surface area contributed by atoms with Crippen molar-refractivity contribution in [2.24, 2.45) is 5.92 Å². The zero-order valence-electron chi connectivity index (χ0n) is 13.7. The number of rotatable bonds is 7. The highest BCUT2D eigenvalue weighted by atomic mass is 16.5. The summed E-state index contributed by atoms with van der Waals surface area (Å²) in [6.07, 6.45) is 3.79. The third-order valence-corrected chi connectivity index (χ3v) is 3.78. The number of hydrogen-bond donors (Lipinski definition) is 1. The zero-order chi connectivity index (χ0) is 15.9. The Balaban J connectivity index is 1.79. The van der Waals surface area contributed by atoms with Crippen molar-refractivity contribution >= 4 is 5.91 Å². The Hall–Kier alpha value is -1.47. The monoisotopic (exact) mass is 310 g/mol. The van der Waals surface area contributed by atoms with Gasteiger partial charge in [-0.15, -0.1) is 0 Å². The molecular formula is C15H26N4O3. The Morgan fingerprint density at radius 1 is 1.50 bits per heavy atom. The Morgan fingerprint density at radius 2 is 2.32 bits per heavy atom. The number of morpholine rings is 1. The summed E-state index contributed by atoms with van der Waals surface area (Å²) in [5, 5.41) is 6.33. The van der Waals surface area contributed by atoms with Crippen LogP contribution in [-0.2, 0) is 11.3 Å². The number of ether oxygens (including phenoxy) is 1. The molecule has 1 aromatic heterocycles. The largest absolute Gasteiger partial charge is 0.376 e. The van der Waals surface area contributed by atoms with E-state index in [9.17, 15) is 4.79 Å². The van der Waals surface area contributed by atoms with Crippen LogP contribution < -0.4 is 5.32 Å². The van der Waals surface area contributed by atoms with Crippen LogP contribution in [0.2, 0.25) is 0 Å². The summed E-state index contributed by atoms with van der Waals surface area (Å²) in [5.41, 5.74) is 0. The number of aromatic nitrogens is 2. The lowest BCUT2D eigenvalue weighted by molar-refractivity contribution is -0.0368. The number of amides is 1. The highest BCUT2D eigenvalue weighted by Gasteiger charge is 2.22. The number of carbonyl (C=O) groups excluding carboxylic acids is 1. The lowest BCUT2D eigenvalue weighted by Gasteiger charge is -2.32. The average Bonchev–Trinajstić information content (AvgIpc) is 2.95. The van der Waals surface area contributed by atoms with Gasteiger partial charge in [0.05, 0.1) is 19.3 Å². The molecule has 1 amide bonds. The van der Waals surface area contributed by atoms with E-state index in [4.69, 9.17) is 9.26 Å². The van der Waals surface area contributed by atoms with Crippen molar-refractivity contribution in [2.75, 3.05) is 26.7 Å². The Bertz CT molecular complexity index is 475. The lowest BCUT2D eigenvalue weighted by Crippen LogP contribution is -2.42. The molecule has 0 bridgehead atoms. The van der Waals surface area contributed by atoms with Gasteiger partial charge in [0.25, 0.3) is 0 Å². The maximum atomic E-state index is 11.4. The van der Waals surface area contributed by atoms with E-state index >= 15 is 0 Å². The third kappa shape index (κ3) is 5.06. The van der Waals surface area contributed by atoms with Gasteiger partial charge in [-0.1, -0.05) is 31.8 Å². The first-order chi connectivity index (χ1) is 10.6. The molecule has 7 heteroatoms. The maximum Gasteiger partial charge on any atom is 0.315 e. The Morgan fingerprint density at radius 3 is 3.05 bits per heavy atom. The van der Waals surface area contributed by atoms with E-state index in [-0.39, 0.29) is 17.9 Å². The van der Waals surface area contributed by atoms with Crippen LogP contribution in [0.25, 0.3) is 0 Å². The fourth-order valence-electron chi connectivity index (χ4n) is 2.57. The maximum absolute atomic E-state index is 11.4. The molecule has 1 atom stereocenters. The van der Waals surface area contributed by atoms with Gasteiger partial charge >= 0.3 is 11.8 Å². The molecule has 0 radical (unpaired) electrons. The second-order valence-electron chi connectivity index (χ2n) is 6.15. The van der Waals surface area contributed by atoms with Gasteiger partial charge in [-0.3, -0.25) is 9.69 Å².